The number of imidazole rings is 1. The summed E-state index contributed by atoms with van der Waals surface area (Å²) in [6.07, 6.45) is 1.14. The van der Waals surface area contributed by atoms with Gasteiger partial charge in [-0.3, -0.25) is 9.59 Å². The summed E-state index contributed by atoms with van der Waals surface area (Å²) in [6.45, 7) is 7.00. The van der Waals surface area contributed by atoms with Crippen LogP contribution < -0.4 is 21.5 Å². The Morgan fingerprint density at radius 1 is 1.20 bits per heavy atom. The van der Waals surface area contributed by atoms with Crippen LogP contribution in [0, 0.1) is 0 Å². The number of benzene rings is 2. The van der Waals surface area contributed by atoms with Crippen LogP contribution in [0.4, 0.5) is 10.7 Å². The van der Waals surface area contributed by atoms with Crippen LogP contribution in [-0.2, 0) is 18.3 Å². The quantitative estimate of drug-likeness (QED) is 0.375. The van der Waals surface area contributed by atoms with E-state index in [1.54, 1.807) is 25.2 Å². The van der Waals surface area contributed by atoms with E-state index in [2.05, 4.69) is 10.2 Å². The summed E-state index contributed by atoms with van der Waals surface area (Å²) in [6, 6.07) is 12.4. The fourth-order valence-electron chi connectivity index (χ4n) is 5.22. The average Bonchev–Trinajstić information content (AvgIpc) is 3.26. The molecule has 2 aromatic heterocycles. The number of nitrogens with zero attached hydrogens (tertiary/aromatic N) is 4. The van der Waals surface area contributed by atoms with Gasteiger partial charge in [0.2, 0.25) is 11.9 Å². The fraction of sp³-hybridized carbons (Fsp3) is 0.379. The lowest BCUT2D eigenvalue weighted by Gasteiger charge is -2.34. The predicted molar refractivity (Wildman–Crippen MR) is 156 cm³/mol. The monoisotopic (exact) mass is 564 g/mol. The van der Waals surface area contributed by atoms with Gasteiger partial charge in [0, 0.05) is 42.2 Å². The molecule has 3 heterocycles. The van der Waals surface area contributed by atoms with Crippen molar-refractivity contribution in [1.29, 1.82) is 0 Å². The van der Waals surface area contributed by atoms with Gasteiger partial charge < -0.3 is 29.8 Å². The molecule has 1 aliphatic rings. The Balaban J connectivity index is 1.64. The lowest BCUT2D eigenvalue weighted by Crippen LogP contribution is -2.49. The summed E-state index contributed by atoms with van der Waals surface area (Å²) < 4.78 is 8.88. The molecule has 2 aromatic carbocycles. The normalized spacial score (nSPS) is 15.9. The molecule has 0 saturated carbocycles. The number of aromatic nitrogens is 3. The molecule has 1 saturated heterocycles. The fourth-order valence-corrected chi connectivity index (χ4v) is 5.41. The second kappa shape index (κ2) is 10.5. The maximum Gasteiger partial charge on any atom is 0.407 e. The minimum Gasteiger partial charge on any atom is -0.444 e. The zero-order chi connectivity index (χ0) is 28.8. The third-order valence-electron chi connectivity index (χ3n) is 7.06. The van der Waals surface area contributed by atoms with Crippen molar-refractivity contribution in [2.24, 2.45) is 12.8 Å². The lowest BCUT2D eigenvalue weighted by molar-refractivity contribution is 0.0499. The smallest absolute Gasteiger partial charge is 0.407 e. The first-order valence-corrected chi connectivity index (χ1v) is 13.6. The van der Waals surface area contributed by atoms with Crippen LogP contribution in [0.5, 0.6) is 0 Å². The van der Waals surface area contributed by atoms with Crippen molar-refractivity contribution in [3.8, 4) is 0 Å². The standard InChI is InChI=1S/C29H33ClN6O4/c1-29(2,3)40-28(39)32-19-9-7-13-35(16-19)27-33-23-20-12-11-17(25(31)37)14-22(20)34(4)26(38)24(23)36(27)15-18-8-5-6-10-21(18)30/h5-6,8,10-12,14,19H,7,9,13,15-16H2,1-4H3,(H2,31,37)(H,32,39)/t19-/m1/s1. The summed E-state index contributed by atoms with van der Waals surface area (Å²) >= 11 is 6.54. The molecule has 0 unspecified atom stereocenters. The van der Waals surface area contributed by atoms with Crippen LogP contribution in [0.15, 0.2) is 47.3 Å². The Kier molecular flexibility index (Phi) is 7.22. The number of anilines is 1. The van der Waals surface area contributed by atoms with Crippen molar-refractivity contribution < 1.29 is 14.3 Å². The zero-order valence-electron chi connectivity index (χ0n) is 23.0. The van der Waals surface area contributed by atoms with Crippen LogP contribution in [0.3, 0.4) is 0 Å². The van der Waals surface area contributed by atoms with Crippen LogP contribution in [-0.4, -0.2) is 50.9 Å². The zero-order valence-corrected chi connectivity index (χ0v) is 23.8. The molecule has 11 heteroatoms. The summed E-state index contributed by atoms with van der Waals surface area (Å²) in [7, 11) is 1.67. The van der Waals surface area contributed by atoms with Gasteiger partial charge >= 0.3 is 6.09 Å². The number of amides is 2. The molecule has 4 aromatic rings. The van der Waals surface area contributed by atoms with Crippen LogP contribution >= 0.6 is 11.6 Å². The number of piperidine rings is 1. The van der Waals surface area contributed by atoms with Crippen molar-refractivity contribution in [3.63, 3.8) is 0 Å². The molecule has 10 nitrogen and oxygen atoms in total. The van der Waals surface area contributed by atoms with Crippen molar-refractivity contribution in [3.05, 3.63) is 69.0 Å². The highest BCUT2D eigenvalue weighted by atomic mass is 35.5. The van der Waals surface area contributed by atoms with Crippen LogP contribution in [0.2, 0.25) is 5.02 Å². The summed E-state index contributed by atoms with van der Waals surface area (Å²) in [4.78, 5) is 45.3. The SMILES string of the molecule is Cn1c(=O)c2c(nc(N3CCC[C@@H](NC(=O)OC(C)(C)C)C3)n2Cc2ccccc2Cl)c2ccc(C(N)=O)cc21. The van der Waals surface area contributed by atoms with Crippen molar-refractivity contribution in [1.82, 2.24) is 19.4 Å². The second-order valence-corrected chi connectivity index (χ2v) is 11.6. The van der Waals surface area contributed by atoms with Gasteiger partial charge in [-0.15, -0.1) is 0 Å². The number of alkyl carbamates (subject to hydrolysis) is 1. The maximum atomic E-state index is 13.8. The molecular formula is C29H33ClN6O4. The molecule has 3 N–H and O–H groups in total. The molecule has 210 valence electrons. The molecule has 0 aliphatic carbocycles. The van der Waals surface area contributed by atoms with Gasteiger partial charge in [-0.05, 0) is 63.4 Å². The molecule has 0 bridgehead atoms. The van der Waals surface area contributed by atoms with Gasteiger partial charge in [0.15, 0.2) is 0 Å². The third kappa shape index (κ3) is 5.36. The first-order valence-electron chi connectivity index (χ1n) is 13.2. The second-order valence-electron chi connectivity index (χ2n) is 11.2. The highest BCUT2D eigenvalue weighted by Gasteiger charge is 2.29. The number of nitrogens with two attached hydrogens (primary N) is 1. The number of aryl methyl sites for hydroxylation is 1. The van der Waals surface area contributed by atoms with E-state index in [4.69, 9.17) is 27.1 Å². The number of fused-ring (bicyclic) bond motifs is 3. The summed E-state index contributed by atoms with van der Waals surface area (Å²) in [5.41, 5.74) is 7.32. The maximum absolute atomic E-state index is 13.8. The Bertz CT molecular complexity index is 1690. The number of primary amides is 1. The van der Waals surface area contributed by atoms with Gasteiger partial charge in [-0.25, -0.2) is 9.78 Å². The molecular weight excluding hydrogens is 532 g/mol. The first kappa shape index (κ1) is 27.5. The Hall–Kier alpha value is -4.05. The topological polar surface area (TPSA) is 124 Å². The van der Waals surface area contributed by atoms with E-state index >= 15 is 0 Å². The van der Waals surface area contributed by atoms with Crippen molar-refractivity contribution >= 4 is 51.5 Å². The number of ether oxygens (including phenoxy) is 1. The molecule has 5 rings (SSSR count). The van der Waals surface area contributed by atoms with E-state index in [0.717, 1.165) is 23.8 Å². The van der Waals surface area contributed by atoms with E-state index in [1.165, 1.54) is 4.57 Å². The summed E-state index contributed by atoms with van der Waals surface area (Å²) in [5, 5.41) is 4.29. The van der Waals surface area contributed by atoms with Crippen LogP contribution in [0.1, 0.15) is 49.5 Å². The number of hydrogen-bond donors (Lipinski definition) is 2. The van der Waals surface area contributed by atoms with E-state index in [-0.39, 0.29) is 11.6 Å². The number of nitrogens with one attached hydrogen (secondary N) is 1. The van der Waals surface area contributed by atoms with E-state index in [0.29, 0.717) is 52.7 Å². The highest BCUT2D eigenvalue weighted by molar-refractivity contribution is 6.31. The van der Waals surface area contributed by atoms with Gasteiger partial charge in [-0.1, -0.05) is 29.8 Å². The van der Waals surface area contributed by atoms with E-state index in [9.17, 15) is 14.4 Å². The minimum absolute atomic E-state index is 0.158. The number of carbonyl (C=O) groups is 2. The van der Waals surface area contributed by atoms with Gasteiger partial charge in [0.25, 0.3) is 5.56 Å². The van der Waals surface area contributed by atoms with E-state index in [1.807, 2.05) is 49.6 Å². The molecule has 1 fully saturated rings. The van der Waals surface area contributed by atoms with Gasteiger partial charge in [0.1, 0.15) is 16.6 Å². The number of rotatable bonds is 5. The Morgan fingerprint density at radius 3 is 2.65 bits per heavy atom. The highest BCUT2D eigenvalue weighted by Crippen LogP contribution is 2.31. The minimum atomic E-state index is -0.600. The number of hydrogen-bond acceptors (Lipinski definition) is 6. The van der Waals surface area contributed by atoms with Crippen molar-refractivity contribution in [2.75, 3.05) is 18.0 Å². The number of carbonyl (C=O) groups excluding carboxylic acids is 2. The lowest BCUT2D eigenvalue weighted by atomic mass is 10.1. The average molecular weight is 565 g/mol. The molecule has 1 atom stereocenters. The Labute approximate surface area is 236 Å². The van der Waals surface area contributed by atoms with E-state index < -0.39 is 17.6 Å². The van der Waals surface area contributed by atoms with Crippen molar-refractivity contribution in [2.45, 2.75) is 51.8 Å². The largest absolute Gasteiger partial charge is 0.444 e. The number of halogens is 1. The van der Waals surface area contributed by atoms with Gasteiger partial charge in [0.05, 0.1) is 12.1 Å². The molecule has 2 amide bonds. The third-order valence-corrected chi connectivity index (χ3v) is 7.43. The molecule has 0 radical (unpaired) electrons. The number of pyridine rings is 1. The first-order chi connectivity index (χ1) is 18.9. The van der Waals surface area contributed by atoms with Crippen LogP contribution in [0.25, 0.3) is 21.9 Å². The summed E-state index contributed by atoms with van der Waals surface area (Å²) in [5.74, 6) is 0.0328. The molecule has 0 spiro atoms. The predicted octanol–water partition coefficient (Wildman–Crippen LogP) is 4.18. The Morgan fingerprint density at radius 2 is 1.95 bits per heavy atom. The molecule has 1 aliphatic heterocycles. The van der Waals surface area contributed by atoms with Gasteiger partial charge in [-0.2, -0.15) is 0 Å². The molecule has 40 heavy (non-hydrogen) atoms.